The Labute approximate surface area is 186 Å². The Kier molecular flexibility index (Phi) is 9.09. The summed E-state index contributed by atoms with van der Waals surface area (Å²) in [5.74, 6) is -3.24. The van der Waals surface area contributed by atoms with Gasteiger partial charge in [0.15, 0.2) is 0 Å². The molecule has 0 aliphatic heterocycles. The normalized spacial score (nSPS) is 11.1. The molecular formula is C23H26N4O5. The van der Waals surface area contributed by atoms with E-state index in [1.54, 1.807) is 30.3 Å². The van der Waals surface area contributed by atoms with E-state index in [1.807, 2.05) is 31.2 Å². The molecule has 2 rings (SSSR count). The maximum absolute atomic E-state index is 12.1. The minimum absolute atomic E-state index is 0.194. The molecule has 9 heteroatoms. The highest BCUT2D eigenvalue weighted by molar-refractivity contribution is 6.37. The lowest BCUT2D eigenvalue weighted by atomic mass is 10.1. The van der Waals surface area contributed by atoms with Crippen molar-refractivity contribution < 1.29 is 24.0 Å². The van der Waals surface area contributed by atoms with Crippen LogP contribution in [0.25, 0.3) is 0 Å². The molecule has 0 saturated carbocycles. The van der Waals surface area contributed by atoms with Gasteiger partial charge >= 0.3 is 0 Å². The average Bonchev–Trinajstić information content (AvgIpc) is 2.80. The first kappa shape index (κ1) is 24.3. The molecule has 168 valence electrons. The van der Waals surface area contributed by atoms with Gasteiger partial charge in [-0.05, 0) is 31.5 Å². The maximum atomic E-state index is 12.1. The van der Waals surface area contributed by atoms with Crippen molar-refractivity contribution in [2.45, 2.75) is 26.4 Å². The summed E-state index contributed by atoms with van der Waals surface area (Å²) < 4.78 is 0. The van der Waals surface area contributed by atoms with Crippen LogP contribution in [-0.2, 0) is 25.7 Å². The first-order valence-electron chi connectivity index (χ1n) is 10.0. The van der Waals surface area contributed by atoms with Crippen molar-refractivity contribution in [1.29, 1.82) is 0 Å². The van der Waals surface area contributed by atoms with E-state index in [9.17, 15) is 24.0 Å². The van der Waals surface area contributed by atoms with Gasteiger partial charge in [0.1, 0.15) is 6.04 Å². The summed E-state index contributed by atoms with van der Waals surface area (Å²) in [5, 5.41) is 9.67. The van der Waals surface area contributed by atoms with Crippen molar-refractivity contribution in [2.75, 3.05) is 13.1 Å². The van der Waals surface area contributed by atoms with Crippen LogP contribution in [0.4, 0.5) is 0 Å². The third-order valence-electron chi connectivity index (χ3n) is 4.47. The van der Waals surface area contributed by atoms with Crippen LogP contribution in [0.3, 0.4) is 0 Å². The number of ketones is 1. The SMILES string of the molecule is Cc1ccc(CNC(=O)C(=O)CNC(=O)C(C)NC(=O)CNC(=O)c2ccccc2)cc1. The first-order valence-corrected chi connectivity index (χ1v) is 10.0. The third kappa shape index (κ3) is 8.02. The second kappa shape index (κ2) is 12.0. The molecule has 0 aliphatic carbocycles. The van der Waals surface area contributed by atoms with E-state index in [-0.39, 0.29) is 13.1 Å². The van der Waals surface area contributed by atoms with Gasteiger partial charge in [0.25, 0.3) is 11.8 Å². The molecule has 0 spiro atoms. The average molecular weight is 438 g/mol. The van der Waals surface area contributed by atoms with E-state index in [4.69, 9.17) is 0 Å². The molecule has 4 amide bonds. The molecular weight excluding hydrogens is 412 g/mol. The number of hydrogen-bond acceptors (Lipinski definition) is 5. The van der Waals surface area contributed by atoms with Gasteiger partial charge in [-0.15, -0.1) is 0 Å². The van der Waals surface area contributed by atoms with Gasteiger partial charge in [-0.2, -0.15) is 0 Å². The smallest absolute Gasteiger partial charge is 0.289 e. The van der Waals surface area contributed by atoms with Gasteiger partial charge in [-0.1, -0.05) is 48.0 Å². The lowest BCUT2D eigenvalue weighted by Crippen LogP contribution is -2.49. The summed E-state index contributed by atoms with van der Waals surface area (Å²) in [6, 6.07) is 14.9. The van der Waals surface area contributed by atoms with Gasteiger partial charge in [-0.25, -0.2) is 0 Å². The van der Waals surface area contributed by atoms with Crippen molar-refractivity contribution >= 4 is 29.4 Å². The van der Waals surface area contributed by atoms with Crippen molar-refractivity contribution in [3.63, 3.8) is 0 Å². The summed E-state index contributed by atoms with van der Waals surface area (Å²) >= 11 is 0. The van der Waals surface area contributed by atoms with E-state index in [0.717, 1.165) is 11.1 Å². The molecule has 0 aromatic heterocycles. The molecule has 32 heavy (non-hydrogen) atoms. The Bertz CT molecular complexity index is 974. The van der Waals surface area contributed by atoms with Crippen LogP contribution in [0, 0.1) is 6.92 Å². The monoisotopic (exact) mass is 438 g/mol. The fourth-order valence-electron chi connectivity index (χ4n) is 2.60. The molecule has 4 N–H and O–H groups in total. The largest absolute Gasteiger partial charge is 0.347 e. The van der Waals surface area contributed by atoms with Gasteiger partial charge in [0.2, 0.25) is 17.6 Å². The number of rotatable bonds is 10. The predicted octanol–water partition coefficient (Wildman–Crippen LogP) is 0.231. The minimum Gasteiger partial charge on any atom is -0.347 e. The highest BCUT2D eigenvalue weighted by Crippen LogP contribution is 2.02. The molecule has 0 radical (unpaired) electrons. The number of carbonyl (C=O) groups excluding carboxylic acids is 5. The zero-order valence-electron chi connectivity index (χ0n) is 17.9. The summed E-state index contributed by atoms with van der Waals surface area (Å²) in [6.45, 7) is 2.75. The molecule has 0 bridgehead atoms. The Morgan fingerprint density at radius 2 is 1.47 bits per heavy atom. The number of nitrogens with one attached hydrogen (secondary N) is 4. The zero-order valence-corrected chi connectivity index (χ0v) is 17.9. The van der Waals surface area contributed by atoms with E-state index in [2.05, 4.69) is 21.3 Å². The van der Waals surface area contributed by atoms with Crippen LogP contribution in [0.15, 0.2) is 54.6 Å². The Hall–Kier alpha value is -4.01. The number of Topliss-reactive ketones (excluding diaryl/α,β-unsaturated/α-hetero) is 1. The van der Waals surface area contributed by atoms with E-state index in [1.165, 1.54) is 6.92 Å². The number of amides is 4. The van der Waals surface area contributed by atoms with Crippen LogP contribution in [0.2, 0.25) is 0 Å². The molecule has 0 fully saturated rings. The standard InChI is InChI=1S/C23H26N4O5/c1-15-8-10-17(11-9-15)12-24-23(32)19(28)13-25-21(30)16(2)27-20(29)14-26-22(31)18-6-4-3-5-7-18/h3-11,16H,12-14H2,1-2H3,(H,24,32)(H,25,30)(H,26,31)(H,27,29). The molecule has 0 aliphatic rings. The predicted molar refractivity (Wildman–Crippen MR) is 117 cm³/mol. The van der Waals surface area contributed by atoms with E-state index < -0.39 is 42.0 Å². The number of hydrogen-bond donors (Lipinski definition) is 4. The molecule has 1 atom stereocenters. The Balaban J connectivity index is 1.68. The van der Waals surface area contributed by atoms with E-state index >= 15 is 0 Å². The molecule has 0 heterocycles. The van der Waals surface area contributed by atoms with Crippen LogP contribution >= 0.6 is 0 Å². The third-order valence-corrected chi connectivity index (χ3v) is 4.47. The summed E-state index contributed by atoms with van der Waals surface area (Å²) in [4.78, 5) is 59.8. The van der Waals surface area contributed by atoms with Crippen LogP contribution < -0.4 is 21.3 Å². The van der Waals surface area contributed by atoms with Crippen molar-refractivity contribution in [3.8, 4) is 0 Å². The highest BCUT2D eigenvalue weighted by atomic mass is 16.2. The number of benzene rings is 2. The van der Waals surface area contributed by atoms with Crippen molar-refractivity contribution in [2.24, 2.45) is 0 Å². The van der Waals surface area contributed by atoms with E-state index in [0.29, 0.717) is 5.56 Å². The molecule has 2 aromatic rings. The summed E-state index contributed by atoms with van der Waals surface area (Å²) in [7, 11) is 0. The highest BCUT2D eigenvalue weighted by Gasteiger charge is 2.19. The molecule has 1 unspecified atom stereocenters. The fourth-order valence-corrected chi connectivity index (χ4v) is 2.60. The van der Waals surface area contributed by atoms with Crippen molar-refractivity contribution in [1.82, 2.24) is 21.3 Å². The first-order chi connectivity index (χ1) is 15.3. The fraction of sp³-hybridized carbons (Fsp3) is 0.261. The zero-order chi connectivity index (χ0) is 23.5. The second-order valence-corrected chi connectivity index (χ2v) is 7.15. The second-order valence-electron chi connectivity index (χ2n) is 7.15. The van der Waals surface area contributed by atoms with Gasteiger partial charge in [0, 0.05) is 12.1 Å². The van der Waals surface area contributed by atoms with Crippen LogP contribution in [0.5, 0.6) is 0 Å². The lowest BCUT2D eigenvalue weighted by molar-refractivity contribution is -0.138. The van der Waals surface area contributed by atoms with Gasteiger partial charge < -0.3 is 21.3 Å². The topological polar surface area (TPSA) is 133 Å². The van der Waals surface area contributed by atoms with Crippen LogP contribution in [0.1, 0.15) is 28.4 Å². The molecule has 2 aromatic carbocycles. The van der Waals surface area contributed by atoms with Gasteiger partial charge in [-0.3, -0.25) is 24.0 Å². The number of carbonyl (C=O) groups is 5. The van der Waals surface area contributed by atoms with Crippen molar-refractivity contribution in [3.05, 3.63) is 71.3 Å². The lowest BCUT2D eigenvalue weighted by Gasteiger charge is -2.14. The Morgan fingerprint density at radius 3 is 2.12 bits per heavy atom. The molecule has 0 saturated heterocycles. The minimum atomic E-state index is -0.959. The van der Waals surface area contributed by atoms with Gasteiger partial charge in [0.05, 0.1) is 13.1 Å². The molecule has 9 nitrogen and oxygen atoms in total. The van der Waals surface area contributed by atoms with Crippen LogP contribution in [-0.4, -0.2) is 48.5 Å². The summed E-state index contributed by atoms with van der Waals surface area (Å²) in [5.41, 5.74) is 2.33. The number of aryl methyl sites for hydroxylation is 1. The Morgan fingerprint density at radius 1 is 0.812 bits per heavy atom. The summed E-state index contributed by atoms with van der Waals surface area (Å²) in [6.07, 6.45) is 0. The quantitative estimate of drug-likeness (QED) is 0.394. The maximum Gasteiger partial charge on any atom is 0.289 e.